The molecule has 0 radical (unpaired) electrons. The van der Waals surface area contributed by atoms with Crippen LogP contribution < -0.4 is 0 Å². The monoisotopic (exact) mass is 368 g/mol. The van der Waals surface area contributed by atoms with Crippen molar-refractivity contribution >= 4 is 18.8 Å². The molecule has 0 atom stereocenters. The highest BCUT2D eigenvalue weighted by molar-refractivity contribution is 6.67. The summed E-state index contributed by atoms with van der Waals surface area (Å²) in [5.74, 6) is 0. The Labute approximate surface area is 148 Å². The molecule has 0 aliphatic rings. The summed E-state index contributed by atoms with van der Waals surface area (Å²) in [7, 11) is -0.911. The first kappa shape index (κ1) is 25.5. The lowest BCUT2D eigenvalue weighted by molar-refractivity contribution is -0.201. The summed E-state index contributed by atoms with van der Waals surface area (Å²) in [5.41, 5.74) is -0.431. The van der Waals surface area contributed by atoms with Crippen LogP contribution in [0.4, 0.5) is 0 Å². The third-order valence-electron chi connectivity index (χ3n) is 3.36. The van der Waals surface area contributed by atoms with E-state index < -0.39 is 14.0 Å². The highest BCUT2D eigenvalue weighted by atomic mass is 28.4. The van der Waals surface area contributed by atoms with E-state index >= 15 is 0 Å². The minimum Gasteiger partial charge on any atom is -0.395 e. The van der Waals surface area contributed by atoms with Crippen LogP contribution in [0.5, 0.6) is 0 Å². The number of rotatable bonds is 13. The van der Waals surface area contributed by atoms with E-state index in [-0.39, 0.29) is 0 Å². The largest absolute Gasteiger partial charge is 0.395 e. The highest BCUT2D eigenvalue weighted by Crippen LogP contribution is 2.17. The summed E-state index contributed by atoms with van der Waals surface area (Å²) >= 11 is 0. The maximum Gasteiger partial charge on any atom is 0.337 e. The molecular weight excluding hydrogens is 328 g/mol. The molecule has 0 rings (SSSR count). The van der Waals surface area contributed by atoms with Gasteiger partial charge in [-0.1, -0.05) is 13.8 Å². The molecule has 0 aromatic carbocycles. The molecule has 0 aliphatic heterocycles. The molecule has 0 N–H and O–H groups in total. The zero-order valence-corrected chi connectivity index (χ0v) is 19.7. The van der Waals surface area contributed by atoms with Crippen molar-refractivity contribution < 1.29 is 23.1 Å². The molecule has 0 fully saturated rings. The van der Waals surface area contributed by atoms with Crippen molar-refractivity contribution in [3.63, 3.8) is 0 Å². The lowest BCUT2D eigenvalue weighted by Crippen LogP contribution is -2.41. The molecule has 0 unspecified atom stereocenters. The van der Waals surface area contributed by atoms with E-state index in [0.29, 0.717) is 26.4 Å². The van der Waals surface area contributed by atoms with Crippen molar-refractivity contribution in [2.75, 3.05) is 39.6 Å². The van der Waals surface area contributed by atoms with E-state index in [2.05, 4.69) is 13.8 Å². The summed E-state index contributed by atoms with van der Waals surface area (Å²) in [5, 5.41) is 0. The van der Waals surface area contributed by atoms with E-state index in [1.165, 1.54) is 0 Å². The third-order valence-corrected chi connectivity index (χ3v) is 8.01. The van der Waals surface area contributed by atoms with Gasteiger partial charge in [-0.3, -0.25) is 0 Å². The van der Waals surface area contributed by atoms with Gasteiger partial charge < -0.3 is 23.1 Å². The van der Waals surface area contributed by atoms with Gasteiger partial charge in [-0.2, -0.15) is 0 Å². The second-order valence-electron chi connectivity index (χ2n) is 5.12. The standard InChI is InChI=1S/C8H20O3Si.C8H20O2Si/c1-4-9-7-8(12,10-5-2)11-6-3;1-5-9-11(7-3,8-4)10-6-2/h4-7H2,1-3,12H3;5-8H2,1-4H3. The van der Waals surface area contributed by atoms with Crippen LogP contribution in [0.15, 0.2) is 0 Å². The fourth-order valence-corrected chi connectivity index (χ4v) is 5.48. The molecule has 23 heavy (non-hydrogen) atoms. The molecule has 0 heterocycles. The first-order valence-corrected chi connectivity index (χ1v) is 12.3. The van der Waals surface area contributed by atoms with Gasteiger partial charge in [0.2, 0.25) is 0 Å². The second kappa shape index (κ2) is 15.7. The number of ether oxygens (including phenoxy) is 3. The van der Waals surface area contributed by atoms with Crippen LogP contribution in [0.25, 0.3) is 0 Å². The van der Waals surface area contributed by atoms with Gasteiger partial charge in [0.1, 0.15) is 0 Å². The smallest absolute Gasteiger partial charge is 0.337 e. The molecule has 5 nitrogen and oxygen atoms in total. The summed E-state index contributed by atoms with van der Waals surface area (Å²) in [6.07, 6.45) is 0. The first-order chi connectivity index (χ1) is 10.9. The summed E-state index contributed by atoms with van der Waals surface area (Å²) in [6, 6.07) is 2.12. The summed E-state index contributed by atoms with van der Waals surface area (Å²) in [6.45, 7) is 18.5. The second-order valence-corrected chi connectivity index (χ2v) is 10.5. The van der Waals surface area contributed by atoms with Crippen LogP contribution in [0.3, 0.4) is 0 Å². The van der Waals surface area contributed by atoms with E-state index in [1.54, 1.807) is 0 Å². The Hall–Kier alpha value is 0.234. The normalized spacial score (nSPS) is 12.1. The Balaban J connectivity index is 0. The van der Waals surface area contributed by atoms with Crippen LogP contribution in [-0.2, 0) is 23.1 Å². The first-order valence-electron chi connectivity index (χ1n) is 9.06. The predicted molar refractivity (Wildman–Crippen MR) is 102 cm³/mol. The van der Waals surface area contributed by atoms with Crippen molar-refractivity contribution in [2.45, 2.75) is 66.0 Å². The van der Waals surface area contributed by atoms with Crippen molar-refractivity contribution in [2.24, 2.45) is 0 Å². The molecule has 0 aliphatic carbocycles. The van der Waals surface area contributed by atoms with Gasteiger partial charge in [-0.05, 0) is 46.7 Å². The molecule has 0 aromatic heterocycles. The third kappa shape index (κ3) is 12.3. The fourth-order valence-electron chi connectivity index (χ4n) is 2.25. The zero-order chi connectivity index (χ0) is 18.2. The van der Waals surface area contributed by atoms with Crippen molar-refractivity contribution in [1.29, 1.82) is 0 Å². The molecule has 142 valence electrons. The topological polar surface area (TPSA) is 46.2 Å². The molecule has 0 amide bonds. The lowest BCUT2D eigenvalue weighted by Gasteiger charge is -2.29. The SMILES string of the molecule is CCOCC([SiH3])(OCC)OCC.CCO[Si](CC)(CC)OCC. The van der Waals surface area contributed by atoms with Crippen LogP contribution in [0.2, 0.25) is 12.1 Å². The van der Waals surface area contributed by atoms with Gasteiger partial charge in [-0.25, -0.2) is 0 Å². The van der Waals surface area contributed by atoms with Gasteiger partial charge in [0, 0.05) is 33.0 Å². The lowest BCUT2D eigenvalue weighted by atomic mass is 10.6. The van der Waals surface area contributed by atoms with Crippen LogP contribution in [0.1, 0.15) is 48.5 Å². The number of hydrogen-bond acceptors (Lipinski definition) is 5. The van der Waals surface area contributed by atoms with Gasteiger partial charge >= 0.3 is 8.56 Å². The average molecular weight is 369 g/mol. The Bertz CT molecular complexity index is 237. The predicted octanol–water partition coefficient (Wildman–Crippen LogP) is 2.66. The Morgan fingerprint density at radius 2 is 1.13 bits per heavy atom. The van der Waals surface area contributed by atoms with Crippen molar-refractivity contribution in [3.8, 4) is 0 Å². The Morgan fingerprint density at radius 1 is 0.696 bits per heavy atom. The molecule has 0 aromatic rings. The fraction of sp³-hybridized carbons (Fsp3) is 1.00. The average Bonchev–Trinajstić information content (AvgIpc) is 2.54. The summed E-state index contributed by atoms with van der Waals surface area (Å²) in [4.78, 5) is 0. The maximum atomic E-state index is 5.68. The quantitative estimate of drug-likeness (QED) is 0.369. The van der Waals surface area contributed by atoms with E-state index in [9.17, 15) is 0 Å². The summed E-state index contributed by atoms with van der Waals surface area (Å²) < 4.78 is 27.6. The Kier molecular flexibility index (Phi) is 17.4. The van der Waals surface area contributed by atoms with Crippen LogP contribution in [0, 0.1) is 0 Å². The van der Waals surface area contributed by atoms with Gasteiger partial charge in [-0.15, -0.1) is 0 Å². The highest BCUT2D eigenvalue weighted by Gasteiger charge is 2.32. The van der Waals surface area contributed by atoms with Crippen molar-refractivity contribution in [1.82, 2.24) is 0 Å². The molecule has 7 heteroatoms. The molecule has 0 saturated heterocycles. The van der Waals surface area contributed by atoms with Gasteiger partial charge in [0.15, 0.2) is 5.41 Å². The number of hydrogen-bond donors (Lipinski definition) is 0. The molecule has 0 bridgehead atoms. The van der Waals surface area contributed by atoms with E-state index in [0.717, 1.165) is 35.5 Å². The van der Waals surface area contributed by atoms with Gasteiger partial charge in [0.05, 0.1) is 16.8 Å². The van der Waals surface area contributed by atoms with Crippen LogP contribution >= 0.6 is 0 Å². The molecule has 0 spiro atoms. The van der Waals surface area contributed by atoms with E-state index in [1.807, 2.05) is 34.6 Å². The minimum atomic E-state index is -1.74. The van der Waals surface area contributed by atoms with Gasteiger partial charge in [0.25, 0.3) is 0 Å². The Morgan fingerprint density at radius 3 is 1.39 bits per heavy atom. The minimum absolute atomic E-state index is 0.431. The van der Waals surface area contributed by atoms with Crippen molar-refractivity contribution in [3.05, 3.63) is 0 Å². The molecule has 0 saturated carbocycles. The van der Waals surface area contributed by atoms with Crippen LogP contribution in [-0.4, -0.2) is 63.9 Å². The van der Waals surface area contributed by atoms with E-state index in [4.69, 9.17) is 23.1 Å². The molecular formula is C16H40O5Si2. The zero-order valence-electron chi connectivity index (χ0n) is 16.7. The maximum absolute atomic E-state index is 5.68.